The van der Waals surface area contributed by atoms with Gasteiger partial charge in [-0.1, -0.05) is 6.07 Å². The maximum Gasteiger partial charge on any atom is 0.309 e. The number of carboxylic acids is 1. The molecule has 24 heavy (non-hydrogen) atoms. The molecule has 0 saturated carbocycles. The van der Waals surface area contributed by atoms with Gasteiger partial charge in [-0.15, -0.1) is 0 Å². The van der Waals surface area contributed by atoms with Gasteiger partial charge >= 0.3 is 5.97 Å². The number of piperidine rings is 1. The number of anilines is 1. The highest BCUT2D eigenvalue weighted by atomic mass is 16.4. The van der Waals surface area contributed by atoms with Crippen molar-refractivity contribution >= 4 is 18.1 Å². The molecule has 0 bridgehead atoms. The largest absolute Gasteiger partial charge is 0.481 e. The van der Waals surface area contributed by atoms with E-state index in [-0.39, 0.29) is 0 Å². The Morgan fingerprint density at radius 2 is 2.04 bits per heavy atom. The SMILES string of the molecule is CC1(C(=O)O)CCN(c2ncc(-c3ccccn3)cc2C=O)CC1. The minimum absolute atomic E-state index is 0.497. The number of aromatic nitrogens is 2. The fourth-order valence-corrected chi connectivity index (χ4v) is 2.93. The van der Waals surface area contributed by atoms with E-state index in [1.54, 1.807) is 25.4 Å². The molecule has 6 heteroatoms. The zero-order chi connectivity index (χ0) is 17.2. The normalized spacial score (nSPS) is 16.6. The molecule has 0 atom stereocenters. The number of aldehydes is 1. The highest BCUT2D eigenvalue weighted by Crippen LogP contribution is 2.34. The summed E-state index contributed by atoms with van der Waals surface area (Å²) in [5.74, 6) is -0.159. The van der Waals surface area contributed by atoms with Crippen LogP contribution in [0.2, 0.25) is 0 Å². The molecule has 0 radical (unpaired) electrons. The zero-order valence-corrected chi connectivity index (χ0v) is 13.5. The lowest BCUT2D eigenvalue weighted by molar-refractivity contribution is -0.149. The Bertz CT molecular complexity index is 753. The van der Waals surface area contributed by atoms with Gasteiger partial charge in [0.05, 0.1) is 16.7 Å². The van der Waals surface area contributed by atoms with Gasteiger partial charge in [-0.25, -0.2) is 4.98 Å². The second-order valence-electron chi connectivity index (χ2n) is 6.32. The Hall–Kier alpha value is -2.76. The van der Waals surface area contributed by atoms with Gasteiger partial charge < -0.3 is 10.0 Å². The van der Waals surface area contributed by atoms with Gasteiger partial charge in [-0.2, -0.15) is 0 Å². The summed E-state index contributed by atoms with van der Waals surface area (Å²) in [6.07, 6.45) is 5.26. The Morgan fingerprint density at radius 3 is 2.62 bits per heavy atom. The molecule has 2 aromatic rings. The summed E-state index contributed by atoms with van der Waals surface area (Å²) in [4.78, 5) is 33.6. The van der Waals surface area contributed by atoms with E-state index >= 15 is 0 Å². The van der Waals surface area contributed by atoms with Crippen molar-refractivity contribution in [3.63, 3.8) is 0 Å². The molecule has 2 aromatic heterocycles. The quantitative estimate of drug-likeness (QED) is 0.870. The van der Waals surface area contributed by atoms with Crippen molar-refractivity contribution in [1.82, 2.24) is 9.97 Å². The van der Waals surface area contributed by atoms with Crippen molar-refractivity contribution in [3.8, 4) is 11.3 Å². The topological polar surface area (TPSA) is 83.4 Å². The van der Waals surface area contributed by atoms with E-state index in [0.29, 0.717) is 37.3 Å². The molecule has 1 aliphatic rings. The number of carbonyl (C=O) groups is 2. The van der Waals surface area contributed by atoms with Crippen LogP contribution in [0, 0.1) is 5.41 Å². The fourth-order valence-electron chi connectivity index (χ4n) is 2.93. The second-order valence-corrected chi connectivity index (χ2v) is 6.32. The molecule has 1 saturated heterocycles. The van der Waals surface area contributed by atoms with Crippen molar-refractivity contribution in [1.29, 1.82) is 0 Å². The molecule has 6 nitrogen and oxygen atoms in total. The Labute approximate surface area is 140 Å². The van der Waals surface area contributed by atoms with E-state index in [2.05, 4.69) is 9.97 Å². The smallest absolute Gasteiger partial charge is 0.309 e. The van der Waals surface area contributed by atoms with Crippen molar-refractivity contribution < 1.29 is 14.7 Å². The number of rotatable bonds is 4. The summed E-state index contributed by atoms with van der Waals surface area (Å²) >= 11 is 0. The van der Waals surface area contributed by atoms with Gasteiger partial charge in [-0.05, 0) is 38.0 Å². The maximum absolute atomic E-state index is 11.5. The highest BCUT2D eigenvalue weighted by molar-refractivity contribution is 5.85. The van der Waals surface area contributed by atoms with E-state index in [1.807, 2.05) is 23.1 Å². The van der Waals surface area contributed by atoms with E-state index in [0.717, 1.165) is 17.5 Å². The molecule has 3 heterocycles. The predicted molar refractivity (Wildman–Crippen MR) is 90.0 cm³/mol. The van der Waals surface area contributed by atoms with Crippen LogP contribution in [0.25, 0.3) is 11.3 Å². The third-order valence-corrected chi connectivity index (χ3v) is 4.67. The summed E-state index contributed by atoms with van der Waals surface area (Å²) in [7, 11) is 0. The van der Waals surface area contributed by atoms with Crippen LogP contribution in [0.3, 0.4) is 0 Å². The lowest BCUT2D eigenvalue weighted by Crippen LogP contribution is -2.43. The number of pyridine rings is 2. The van der Waals surface area contributed by atoms with Gasteiger partial charge in [0, 0.05) is 31.0 Å². The molecule has 0 amide bonds. The van der Waals surface area contributed by atoms with Crippen molar-refractivity contribution in [3.05, 3.63) is 42.2 Å². The first-order valence-corrected chi connectivity index (χ1v) is 7.88. The van der Waals surface area contributed by atoms with Gasteiger partial charge in [0.15, 0.2) is 6.29 Å². The zero-order valence-electron chi connectivity index (χ0n) is 13.5. The van der Waals surface area contributed by atoms with E-state index in [1.165, 1.54) is 0 Å². The van der Waals surface area contributed by atoms with Crippen LogP contribution in [0.5, 0.6) is 0 Å². The molecular weight excluding hydrogens is 306 g/mol. The van der Waals surface area contributed by atoms with Gasteiger partial charge in [0.1, 0.15) is 5.82 Å². The molecule has 1 fully saturated rings. The molecule has 0 aliphatic carbocycles. The first-order valence-electron chi connectivity index (χ1n) is 7.88. The standard InChI is InChI=1S/C18H19N3O3/c1-18(17(23)24)5-8-21(9-6-18)16-14(12-22)10-13(11-20-16)15-4-2-3-7-19-15/h2-4,7,10-12H,5-6,8-9H2,1H3,(H,23,24). The van der Waals surface area contributed by atoms with Crippen molar-refractivity contribution in [2.75, 3.05) is 18.0 Å². The van der Waals surface area contributed by atoms with Crippen LogP contribution < -0.4 is 4.90 Å². The minimum Gasteiger partial charge on any atom is -0.481 e. The molecule has 0 unspecified atom stereocenters. The Balaban J connectivity index is 1.85. The molecule has 1 N–H and O–H groups in total. The van der Waals surface area contributed by atoms with Crippen LogP contribution in [0.4, 0.5) is 5.82 Å². The third kappa shape index (κ3) is 2.99. The highest BCUT2D eigenvalue weighted by Gasteiger charge is 2.37. The summed E-state index contributed by atoms with van der Waals surface area (Å²) in [5.41, 5.74) is 1.34. The number of hydrogen-bond donors (Lipinski definition) is 1. The Morgan fingerprint density at radius 1 is 1.29 bits per heavy atom. The van der Waals surface area contributed by atoms with Crippen LogP contribution in [-0.4, -0.2) is 40.4 Å². The third-order valence-electron chi connectivity index (χ3n) is 4.67. The lowest BCUT2D eigenvalue weighted by atomic mass is 9.80. The Kier molecular flexibility index (Phi) is 4.29. The average molecular weight is 325 g/mol. The number of hydrogen-bond acceptors (Lipinski definition) is 5. The second kappa shape index (κ2) is 6.39. The van der Waals surface area contributed by atoms with Crippen LogP contribution in [-0.2, 0) is 4.79 Å². The predicted octanol–water partition coefficient (Wildman–Crippen LogP) is 2.65. The number of carboxylic acid groups (broad SMARTS) is 1. The van der Waals surface area contributed by atoms with E-state index < -0.39 is 11.4 Å². The van der Waals surface area contributed by atoms with Crippen LogP contribution >= 0.6 is 0 Å². The van der Waals surface area contributed by atoms with Gasteiger partial charge in [0.25, 0.3) is 0 Å². The molecular formula is C18H19N3O3. The number of aliphatic carboxylic acids is 1. The van der Waals surface area contributed by atoms with Crippen LogP contribution in [0.1, 0.15) is 30.1 Å². The summed E-state index contributed by atoms with van der Waals surface area (Å²) < 4.78 is 0. The van der Waals surface area contributed by atoms with Gasteiger partial charge in [-0.3, -0.25) is 14.6 Å². The summed E-state index contributed by atoms with van der Waals surface area (Å²) in [6, 6.07) is 7.36. The maximum atomic E-state index is 11.5. The summed E-state index contributed by atoms with van der Waals surface area (Å²) in [5, 5.41) is 9.32. The molecule has 0 spiro atoms. The first kappa shape index (κ1) is 16.1. The van der Waals surface area contributed by atoms with Crippen molar-refractivity contribution in [2.45, 2.75) is 19.8 Å². The van der Waals surface area contributed by atoms with E-state index in [9.17, 15) is 14.7 Å². The lowest BCUT2D eigenvalue weighted by Gasteiger charge is -2.37. The average Bonchev–Trinajstić information content (AvgIpc) is 2.62. The minimum atomic E-state index is -0.767. The van der Waals surface area contributed by atoms with Crippen LogP contribution in [0.15, 0.2) is 36.7 Å². The fraction of sp³-hybridized carbons (Fsp3) is 0.333. The monoisotopic (exact) mass is 325 g/mol. The van der Waals surface area contributed by atoms with Crippen molar-refractivity contribution in [2.24, 2.45) is 5.41 Å². The molecule has 3 rings (SSSR count). The molecule has 1 aliphatic heterocycles. The molecule has 124 valence electrons. The number of nitrogens with zero attached hydrogens (tertiary/aromatic N) is 3. The van der Waals surface area contributed by atoms with E-state index in [4.69, 9.17) is 0 Å². The van der Waals surface area contributed by atoms with Gasteiger partial charge in [0.2, 0.25) is 0 Å². The molecule has 0 aromatic carbocycles. The first-order chi connectivity index (χ1) is 11.5. The number of carbonyl (C=O) groups excluding carboxylic acids is 1. The summed E-state index contributed by atoms with van der Waals surface area (Å²) in [6.45, 7) is 2.91.